The van der Waals surface area contributed by atoms with Crippen LogP contribution in [0.4, 0.5) is 0 Å². The molecule has 0 aromatic heterocycles. The zero-order chi connectivity index (χ0) is 10.7. The van der Waals surface area contributed by atoms with Crippen molar-refractivity contribution >= 4 is 11.8 Å². The fourth-order valence-corrected chi connectivity index (χ4v) is 2.90. The van der Waals surface area contributed by atoms with Crippen molar-refractivity contribution in [2.75, 3.05) is 12.0 Å². The van der Waals surface area contributed by atoms with Crippen LogP contribution in [-0.4, -0.2) is 12.0 Å². The van der Waals surface area contributed by atoms with E-state index in [0.717, 1.165) is 25.0 Å². The van der Waals surface area contributed by atoms with Gasteiger partial charge in [-0.05, 0) is 42.4 Å². The third kappa shape index (κ3) is 2.03. The maximum Gasteiger partial charge on any atom is 0.0697 e. The molecule has 0 fully saturated rings. The van der Waals surface area contributed by atoms with Crippen molar-refractivity contribution < 1.29 is 0 Å². The highest BCUT2D eigenvalue weighted by atomic mass is 32.2. The molecule has 1 aromatic carbocycles. The number of nitrogens with zero attached hydrogens (tertiary/aromatic N) is 1. The molecule has 1 aliphatic rings. The van der Waals surface area contributed by atoms with Crippen molar-refractivity contribution in [3.63, 3.8) is 0 Å². The van der Waals surface area contributed by atoms with Gasteiger partial charge in [0.25, 0.3) is 0 Å². The van der Waals surface area contributed by atoms with Gasteiger partial charge in [0.2, 0.25) is 0 Å². The number of thioether (sulfide) groups is 1. The summed E-state index contributed by atoms with van der Waals surface area (Å²) < 4.78 is 0. The fourth-order valence-electron chi connectivity index (χ4n) is 2.30. The molecule has 0 aliphatic heterocycles. The van der Waals surface area contributed by atoms with E-state index in [4.69, 9.17) is 0 Å². The van der Waals surface area contributed by atoms with Crippen LogP contribution in [0.5, 0.6) is 0 Å². The molecule has 0 unspecified atom stereocenters. The highest BCUT2D eigenvalue weighted by Gasteiger charge is 2.36. The average molecular weight is 217 g/mol. The monoisotopic (exact) mass is 217 g/mol. The minimum atomic E-state index is -0.118. The Morgan fingerprint density at radius 2 is 1.93 bits per heavy atom. The first-order valence-electron chi connectivity index (χ1n) is 5.27. The summed E-state index contributed by atoms with van der Waals surface area (Å²) in [6.45, 7) is 0. The molecular formula is C13H15NS. The van der Waals surface area contributed by atoms with Crippen LogP contribution in [0.25, 0.3) is 0 Å². The molecule has 15 heavy (non-hydrogen) atoms. The Labute approximate surface area is 95.5 Å². The predicted octanol–water partition coefficient (Wildman–Crippen LogP) is 3.05. The Hall–Kier alpha value is -0.940. The molecule has 2 rings (SSSR count). The summed E-state index contributed by atoms with van der Waals surface area (Å²) >= 11 is 1.83. The summed E-state index contributed by atoms with van der Waals surface area (Å²) in [5, 5.41) is 9.36. The zero-order valence-electron chi connectivity index (χ0n) is 8.99. The van der Waals surface area contributed by atoms with Gasteiger partial charge in [0.1, 0.15) is 0 Å². The van der Waals surface area contributed by atoms with Crippen LogP contribution >= 0.6 is 11.8 Å². The third-order valence-electron chi connectivity index (χ3n) is 3.20. The maximum atomic E-state index is 9.36. The summed E-state index contributed by atoms with van der Waals surface area (Å²) in [5.41, 5.74) is 2.63. The lowest BCUT2D eigenvalue weighted by Gasteiger charge is -2.19. The maximum absolute atomic E-state index is 9.36. The van der Waals surface area contributed by atoms with Crippen LogP contribution < -0.4 is 0 Å². The average Bonchev–Trinajstić information content (AvgIpc) is 2.65. The largest absolute Gasteiger partial charge is 0.198 e. The Bertz CT molecular complexity index is 367. The van der Waals surface area contributed by atoms with Crippen molar-refractivity contribution in [2.45, 2.75) is 19.3 Å². The van der Waals surface area contributed by atoms with Crippen LogP contribution in [0, 0.1) is 16.7 Å². The van der Waals surface area contributed by atoms with Gasteiger partial charge in [0, 0.05) is 0 Å². The second-order valence-electron chi connectivity index (χ2n) is 4.26. The van der Waals surface area contributed by atoms with Gasteiger partial charge in [-0.15, -0.1) is 0 Å². The molecule has 0 spiro atoms. The molecule has 0 bridgehead atoms. The normalized spacial score (nSPS) is 17.1. The molecule has 0 saturated heterocycles. The fraction of sp³-hybridized carbons (Fsp3) is 0.462. The van der Waals surface area contributed by atoms with E-state index in [0.29, 0.717) is 0 Å². The van der Waals surface area contributed by atoms with E-state index in [1.807, 2.05) is 11.8 Å². The molecule has 0 amide bonds. The SMILES string of the molecule is CSCCC1(C#N)Cc2ccccc2C1. The first-order valence-corrected chi connectivity index (χ1v) is 6.66. The summed E-state index contributed by atoms with van der Waals surface area (Å²) in [6, 6.07) is 11.0. The first-order chi connectivity index (χ1) is 7.29. The molecule has 2 heteroatoms. The topological polar surface area (TPSA) is 23.8 Å². The van der Waals surface area contributed by atoms with Crippen molar-refractivity contribution in [2.24, 2.45) is 5.41 Å². The van der Waals surface area contributed by atoms with Gasteiger partial charge in [-0.2, -0.15) is 17.0 Å². The predicted molar refractivity (Wildman–Crippen MR) is 64.9 cm³/mol. The van der Waals surface area contributed by atoms with E-state index in [1.54, 1.807) is 0 Å². The van der Waals surface area contributed by atoms with E-state index in [2.05, 4.69) is 36.6 Å². The van der Waals surface area contributed by atoms with Crippen LogP contribution in [0.15, 0.2) is 24.3 Å². The minimum absolute atomic E-state index is 0.118. The van der Waals surface area contributed by atoms with Crippen LogP contribution in [0.3, 0.4) is 0 Å². The molecule has 0 radical (unpaired) electrons. The third-order valence-corrected chi connectivity index (χ3v) is 3.81. The van der Waals surface area contributed by atoms with E-state index in [-0.39, 0.29) is 5.41 Å². The van der Waals surface area contributed by atoms with Gasteiger partial charge in [-0.1, -0.05) is 24.3 Å². The molecule has 0 N–H and O–H groups in total. The van der Waals surface area contributed by atoms with E-state index < -0.39 is 0 Å². The Balaban J connectivity index is 2.19. The van der Waals surface area contributed by atoms with Gasteiger partial charge >= 0.3 is 0 Å². The van der Waals surface area contributed by atoms with E-state index >= 15 is 0 Å². The minimum Gasteiger partial charge on any atom is -0.198 e. The summed E-state index contributed by atoms with van der Waals surface area (Å²) in [5.74, 6) is 1.08. The van der Waals surface area contributed by atoms with Gasteiger partial charge in [-0.25, -0.2) is 0 Å². The van der Waals surface area contributed by atoms with E-state index in [9.17, 15) is 5.26 Å². The smallest absolute Gasteiger partial charge is 0.0697 e. The number of benzene rings is 1. The molecule has 0 saturated carbocycles. The van der Waals surface area contributed by atoms with Gasteiger partial charge in [-0.3, -0.25) is 0 Å². The standard InChI is InChI=1S/C13H15NS/c1-15-7-6-13(10-14)8-11-4-2-3-5-12(11)9-13/h2-5H,6-9H2,1H3. The lowest BCUT2D eigenvalue weighted by atomic mass is 9.84. The summed E-state index contributed by atoms with van der Waals surface area (Å²) in [7, 11) is 0. The second-order valence-corrected chi connectivity index (χ2v) is 5.24. The lowest BCUT2D eigenvalue weighted by molar-refractivity contribution is 0.409. The van der Waals surface area contributed by atoms with Gasteiger partial charge in [0.15, 0.2) is 0 Å². The Morgan fingerprint density at radius 1 is 1.33 bits per heavy atom. The molecule has 1 nitrogen and oxygen atoms in total. The van der Waals surface area contributed by atoms with Crippen LogP contribution in [0.2, 0.25) is 0 Å². The molecular weight excluding hydrogens is 202 g/mol. The number of fused-ring (bicyclic) bond motifs is 1. The van der Waals surface area contributed by atoms with Gasteiger partial charge < -0.3 is 0 Å². The zero-order valence-corrected chi connectivity index (χ0v) is 9.81. The van der Waals surface area contributed by atoms with Crippen LogP contribution in [-0.2, 0) is 12.8 Å². The van der Waals surface area contributed by atoms with Crippen LogP contribution in [0.1, 0.15) is 17.5 Å². The number of rotatable bonds is 3. The lowest BCUT2D eigenvalue weighted by Crippen LogP contribution is -2.19. The summed E-state index contributed by atoms with van der Waals surface area (Å²) in [6.07, 6.45) is 5.01. The molecule has 0 heterocycles. The van der Waals surface area contributed by atoms with Crippen molar-refractivity contribution in [1.29, 1.82) is 5.26 Å². The highest BCUT2D eigenvalue weighted by Crippen LogP contribution is 2.39. The number of hydrogen-bond acceptors (Lipinski definition) is 2. The molecule has 78 valence electrons. The van der Waals surface area contributed by atoms with Crippen molar-refractivity contribution in [3.8, 4) is 6.07 Å². The molecule has 1 aromatic rings. The Kier molecular flexibility index (Phi) is 3.02. The molecule has 0 atom stereocenters. The highest BCUT2D eigenvalue weighted by molar-refractivity contribution is 7.98. The second kappa shape index (κ2) is 4.28. The van der Waals surface area contributed by atoms with Gasteiger partial charge in [0.05, 0.1) is 11.5 Å². The first kappa shape index (κ1) is 10.6. The number of nitriles is 1. The van der Waals surface area contributed by atoms with Crippen molar-refractivity contribution in [1.82, 2.24) is 0 Å². The number of hydrogen-bond donors (Lipinski definition) is 0. The molecule has 1 aliphatic carbocycles. The van der Waals surface area contributed by atoms with Crippen molar-refractivity contribution in [3.05, 3.63) is 35.4 Å². The summed E-state index contributed by atoms with van der Waals surface area (Å²) in [4.78, 5) is 0. The Morgan fingerprint density at radius 3 is 2.40 bits per heavy atom. The van der Waals surface area contributed by atoms with E-state index in [1.165, 1.54) is 11.1 Å². The quantitative estimate of drug-likeness (QED) is 0.777.